The van der Waals surface area contributed by atoms with E-state index in [1.54, 1.807) is 18.4 Å². The molecule has 1 heterocycles. The first-order valence-corrected chi connectivity index (χ1v) is 6.22. The van der Waals surface area contributed by atoms with Crippen LogP contribution in [0.15, 0.2) is 41.1 Å². The number of amidine groups is 1. The van der Waals surface area contributed by atoms with E-state index in [1.807, 2.05) is 26.0 Å². The van der Waals surface area contributed by atoms with Crippen molar-refractivity contribution < 1.29 is 9.84 Å². The summed E-state index contributed by atoms with van der Waals surface area (Å²) < 4.78 is 5.28. The third kappa shape index (κ3) is 4.13. The molecule has 0 bridgehead atoms. The highest BCUT2D eigenvalue weighted by Gasteiger charge is 2.32. The molecule has 0 aliphatic carbocycles. The Bertz CT molecular complexity index is 375. The lowest BCUT2D eigenvalue weighted by atomic mass is 9.85. The first-order chi connectivity index (χ1) is 8.62. The van der Waals surface area contributed by atoms with Crippen LogP contribution in [-0.4, -0.2) is 29.8 Å². The van der Waals surface area contributed by atoms with Crippen LogP contribution in [0.4, 0.5) is 0 Å². The summed E-state index contributed by atoms with van der Waals surface area (Å²) >= 11 is 0. The number of allylic oxidation sites excluding steroid dienone is 2. The van der Waals surface area contributed by atoms with Gasteiger partial charge in [-0.2, -0.15) is 0 Å². The molecular weight excluding hydrogens is 228 g/mol. The second kappa shape index (κ2) is 7.13. The van der Waals surface area contributed by atoms with Crippen molar-refractivity contribution in [1.82, 2.24) is 0 Å². The summed E-state index contributed by atoms with van der Waals surface area (Å²) in [6, 6.07) is 0. The van der Waals surface area contributed by atoms with Crippen LogP contribution in [0.1, 0.15) is 26.7 Å². The summed E-state index contributed by atoms with van der Waals surface area (Å²) in [5.41, 5.74) is 5.73. The number of rotatable bonds is 4. The van der Waals surface area contributed by atoms with E-state index in [4.69, 9.17) is 10.5 Å². The maximum Gasteiger partial charge on any atom is 0.123 e. The molecular formula is C14H22N2O2. The van der Waals surface area contributed by atoms with E-state index in [1.165, 1.54) is 0 Å². The molecule has 100 valence electrons. The fraction of sp³-hybridized carbons (Fsp3) is 0.500. The molecule has 3 N–H and O–H groups in total. The van der Waals surface area contributed by atoms with Crippen molar-refractivity contribution in [3.05, 3.63) is 36.1 Å². The van der Waals surface area contributed by atoms with Crippen molar-refractivity contribution in [2.75, 3.05) is 13.2 Å². The molecule has 0 radical (unpaired) electrons. The molecule has 0 aromatic heterocycles. The van der Waals surface area contributed by atoms with Crippen LogP contribution < -0.4 is 5.73 Å². The van der Waals surface area contributed by atoms with Gasteiger partial charge in [0.2, 0.25) is 0 Å². The van der Waals surface area contributed by atoms with Crippen molar-refractivity contribution >= 4 is 5.84 Å². The average Bonchev–Trinajstić information content (AvgIpc) is 2.37. The van der Waals surface area contributed by atoms with Gasteiger partial charge in [0.15, 0.2) is 0 Å². The zero-order valence-electron chi connectivity index (χ0n) is 11.1. The van der Waals surface area contributed by atoms with E-state index in [9.17, 15) is 5.11 Å². The van der Waals surface area contributed by atoms with Crippen molar-refractivity contribution in [2.24, 2.45) is 10.7 Å². The molecule has 0 aromatic carbocycles. The molecule has 1 saturated heterocycles. The number of nitrogens with zero attached hydrogens (tertiary/aromatic N) is 1. The second-order valence-corrected chi connectivity index (χ2v) is 4.28. The normalized spacial score (nSPS) is 21.9. The number of hydrogen-bond donors (Lipinski definition) is 2. The molecule has 1 rings (SSSR count). The standard InChI is InChI=1S/C14H22N2O2/c1-3-5-12(11-13(15)16-8-4-2)14(17)6-9-18-10-7-14/h3-5,8,11,17H,6-7,9-10H2,1-2H3,(H2,15,16)/b5-3-,8-4-,12-11+. The molecule has 0 atom stereocenters. The number of ether oxygens (including phenoxy) is 1. The molecule has 4 heteroatoms. The number of aliphatic hydroxyl groups is 1. The molecule has 0 aromatic rings. The van der Waals surface area contributed by atoms with E-state index >= 15 is 0 Å². The molecule has 1 aliphatic heterocycles. The quantitative estimate of drug-likeness (QED) is 0.455. The molecule has 0 spiro atoms. The summed E-state index contributed by atoms with van der Waals surface area (Å²) in [5, 5.41) is 10.6. The predicted octanol–water partition coefficient (Wildman–Crippen LogP) is 1.92. The Labute approximate surface area is 109 Å². The smallest absolute Gasteiger partial charge is 0.123 e. The summed E-state index contributed by atoms with van der Waals surface area (Å²) in [4.78, 5) is 4.05. The topological polar surface area (TPSA) is 67.8 Å². The van der Waals surface area contributed by atoms with E-state index in [0.717, 1.165) is 5.57 Å². The number of hydrogen-bond acceptors (Lipinski definition) is 3. The fourth-order valence-electron chi connectivity index (χ4n) is 1.87. The zero-order valence-corrected chi connectivity index (χ0v) is 11.1. The fourth-order valence-corrected chi connectivity index (χ4v) is 1.87. The van der Waals surface area contributed by atoms with Gasteiger partial charge in [-0.05, 0) is 25.5 Å². The van der Waals surface area contributed by atoms with E-state index in [2.05, 4.69) is 4.99 Å². The van der Waals surface area contributed by atoms with E-state index in [-0.39, 0.29) is 0 Å². The zero-order chi connectivity index (χ0) is 13.4. The highest BCUT2D eigenvalue weighted by molar-refractivity contribution is 5.93. The minimum atomic E-state index is -0.860. The van der Waals surface area contributed by atoms with Crippen LogP contribution in [0.2, 0.25) is 0 Å². The monoisotopic (exact) mass is 250 g/mol. The SMILES string of the molecule is C\C=C/N=C(N)/C=C(\C=C/C)C1(O)CCOCC1. The van der Waals surface area contributed by atoms with Gasteiger partial charge >= 0.3 is 0 Å². The van der Waals surface area contributed by atoms with Crippen LogP contribution in [0.25, 0.3) is 0 Å². The van der Waals surface area contributed by atoms with Crippen molar-refractivity contribution in [1.29, 1.82) is 0 Å². The van der Waals surface area contributed by atoms with Gasteiger partial charge in [0, 0.05) is 32.3 Å². The largest absolute Gasteiger partial charge is 0.385 e. The molecule has 0 unspecified atom stereocenters. The van der Waals surface area contributed by atoms with Crippen LogP contribution >= 0.6 is 0 Å². The Kier molecular flexibility index (Phi) is 5.82. The van der Waals surface area contributed by atoms with Gasteiger partial charge in [-0.3, -0.25) is 0 Å². The minimum Gasteiger partial charge on any atom is -0.385 e. The lowest BCUT2D eigenvalue weighted by Gasteiger charge is -2.33. The van der Waals surface area contributed by atoms with Gasteiger partial charge in [-0.25, -0.2) is 4.99 Å². The molecule has 1 fully saturated rings. The number of nitrogens with two attached hydrogens (primary N) is 1. The van der Waals surface area contributed by atoms with Gasteiger partial charge in [-0.1, -0.05) is 18.2 Å². The van der Waals surface area contributed by atoms with Crippen molar-refractivity contribution in [3.63, 3.8) is 0 Å². The highest BCUT2D eigenvalue weighted by atomic mass is 16.5. The Hall–Kier alpha value is -1.39. The lowest BCUT2D eigenvalue weighted by Crippen LogP contribution is -2.38. The van der Waals surface area contributed by atoms with Crippen molar-refractivity contribution in [2.45, 2.75) is 32.3 Å². The molecule has 0 saturated carbocycles. The Morgan fingerprint density at radius 3 is 2.50 bits per heavy atom. The first kappa shape index (κ1) is 14.7. The third-order valence-electron chi connectivity index (χ3n) is 2.88. The van der Waals surface area contributed by atoms with Gasteiger partial charge in [0.05, 0.1) is 5.60 Å². The molecule has 1 aliphatic rings. The summed E-state index contributed by atoms with van der Waals surface area (Å²) in [6.45, 7) is 4.92. The Morgan fingerprint density at radius 2 is 1.94 bits per heavy atom. The van der Waals surface area contributed by atoms with Crippen LogP contribution in [-0.2, 0) is 4.74 Å². The van der Waals surface area contributed by atoms with E-state index in [0.29, 0.717) is 31.9 Å². The lowest BCUT2D eigenvalue weighted by molar-refractivity contribution is -0.0372. The summed E-state index contributed by atoms with van der Waals surface area (Å²) in [6.07, 6.45) is 10.1. The Morgan fingerprint density at radius 1 is 1.28 bits per heavy atom. The van der Waals surface area contributed by atoms with Crippen molar-refractivity contribution in [3.8, 4) is 0 Å². The summed E-state index contributed by atoms with van der Waals surface area (Å²) in [7, 11) is 0. The van der Waals surface area contributed by atoms with Gasteiger partial charge in [-0.15, -0.1) is 0 Å². The van der Waals surface area contributed by atoms with Gasteiger partial charge in [0.1, 0.15) is 5.84 Å². The molecule has 4 nitrogen and oxygen atoms in total. The average molecular weight is 250 g/mol. The molecule has 18 heavy (non-hydrogen) atoms. The second-order valence-electron chi connectivity index (χ2n) is 4.28. The van der Waals surface area contributed by atoms with Gasteiger partial charge in [0.25, 0.3) is 0 Å². The van der Waals surface area contributed by atoms with Crippen LogP contribution in [0, 0.1) is 0 Å². The minimum absolute atomic E-state index is 0.390. The molecule has 0 amide bonds. The van der Waals surface area contributed by atoms with Crippen LogP contribution in [0.3, 0.4) is 0 Å². The maximum atomic E-state index is 10.6. The predicted molar refractivity (Wildman–Crippen MR) is 74.3 cm³/mol. The Balaban J connectivity index is 2.97. The third-order valence-corrected chi connectivity index (χ3v) is 2.88. The van der Waals surface area contributed by atoms with Gasteiger partial charge < -0.3 is 15.6 Å². The maximum absolute atomic E-state index is 10.6. The van der Waals surface area contributed by atoms with E-state index < -0.39 is 5.60 Å². The highest BCUT2D eigenvalue weighted by Crippen LogP contribution is 2.29. The van der Waals surface area contributed by atoms with Crippen LogP contribution in [0.5, 0.6) is 0 Å². The summed E-state index contributed by atoms with van der Waals surface area (Å²) in [5.74, 6) is 0.390. The first-order valence-electron chi connectivity index (χ1n) is 6.22. The number of aliphatic imine (C=N–C) groups is 1.